The molecule has 3 aromatic rings. The number of H-pyrrole nitrogens is 1. The minimum Gasteiger partial charge on any atom is -0.497 e. The molecule has 0 spiro atoms. The zero-order chi connectivity index (χ0) is 21.1. The highest BCUT2D eigenvalue weighted by Gasteiger charge is 2.26. The molecule has 4 rings (SSSR count). The van der Waals surface area contributed by atoms with Crippen molar-refractivity contribution in [1.82, 2.24) is 15.1 Å². The number of rotatable bonds is 6. The van der Waals surface area contributed by atoms with Gasteiger partial charge in [-0.15, -0.1) is 0 Å². The van der Waals surface area contributed by atoms with Gasteiger partial charge in [0.25, 0.3) is 0 Å². The van der Waals surface area contributed by atoms with Crippen molar-refractivity contribution in [3.8, 4) is 22.6 Å². The highest BCUT2D eigenvalue weighted by molar-refractivity contribution is 5.66. The molecule has 1 unspecified atom stereocenters. The van der Waals surface area contributed by atoms with E-state index in [4.69, 9.17) is 9.47 Å². The third-order valence-corrected chi connectivity index (χ3v) is 5.69. The Labute approximate surface area is 174 Å². The number of hydrogen-bond donors (Lipinski definition) is 1. The monoisotopic (exact) mass is 413 g/mol. The summed E-state index contributed by atoms with van der Waals surface area (Å²) < 4.78 is 38.6. The van der Waals surface area contributed by atoms with Crippen LogP contribution >= 0.6 is 0 Å². The summed E-state index contributed by atoms with van der Waals surface area (Å²) in [4.78, 5) is 2.36. The van der Waals surface area contributed by atoms with Gasteiger partial charge >= 0.3 is 0 Å². The number of nitrogens with one attached hydrogen (secondary N) is 1. The van der Waals surface area contributed by atoms with E-state index >= 15 is 0 Å². The molecule has 0 amide bonds. The van der Waals surface area contributed by atoms with Crippen molar-refractivity contribution < 1.29 is 18.3 Å². The number of aromatic amines is 1. The van der Waals surface area contributed by atoms with Gasteiger partial charge in [0.05, 0.1) is 20.4 Å². The molecule has 1 fully saturated rings. The predicted octanol–water partition coefficient (Wildman–Crippen LogP) is 4.75. The molecule has 1 aromatic heterocycles. The smallest absolute Gasteiger partial charge is 0.134 e. The molecule has 0 radical (unpaired) electrons. The molecule has 30 heavy (non-hydrogen) atoms. The minimum absolute atomic E-state index is 0.178. The number of ether oxygens (including phenoxy) is 2. The molecule has 5 nitrogen and oxygen atoms in total. The van der Waals surface area contributed by atoms with Crippen LogP contribution in [0.15, 0.2) is 42.6 Å². The highest BCUT2D eigenvalue weighted by atomic mass is 19.1. The summed E-state index contributed by atoms with van der Waals surface area (Å²) in [6.07, 6.45) is 3.61. The maximum Gasteiger partial charge on any atom is 0.134 e. The number of benzene rings is 2. The van der Waals surface area contributed by atoms with Gasteiger partial charge in [0.15, 0.2) is 0 Å². The molecule has 0 bridgehead atoms. The molecule has 158 valence electrons. The summed E-state index contributed by atoms with van der Waals surface area (Å²) >= 11 is 0. The fraction of sp³-hybridized carbons (Fsp3) is 0.348. The number of hydrogen-bond acceptors (Lipinski definition) is 4. The van der Waals surface area contributed by atoms with E-state index in [9.17, 15) is 8.78 Å². The second kappa shape index (κ2) is 8.83. The number of nitrogens with zero attached hydrogens (tertiary/aromatic N) is 2. The van der Waals surface area contributed by atoms with Crippen molar-refractivity contribution in [2.24, 2.45) is 0 Å². The van der Waals surface area contributed by atoms with Gasteiger partial charge in [-0.2, -0.15) is 5.10 Å². The Morgan fingerprint density at radius 2 is 1.97 bits per heavy atom. The van der Waals surface area contributed by atoms with Gasteiger partial charge in [-0.05, 0) is 49.7 Å². The molecule has 0 saturated carbocycles. The Balaban J connectivity index is 1.55. The minimum atomic E-state index is -0.586. The van der Waals surface area contributed by atoms with Crippen LogP contribution in [0.25, 0.3) is 11.1 Å². The molecule has 1 saturated heterocycles. The van der Waals surface area contributed by atoms with E-state index in [1.165, 1.54) is 12.1 Å². The number of methoxy groups -OCH3 is 2. The van der Waals surface area contributed by atoms with Crippen LogP contribution in [0.1, 0.15) is 30.0 Å². The van der Waals surface area contributed by atoms with E-state index in [1.54, 1.807) is 20.4 Å². The number of halogens is 2. The third kappa shape index (κ3) is 4.16. The van der Waals surface area contributed by atoms with Gasteiger partial charge < -0.3 is 9.47 Å². The topological polar surface area (TPSA) is 50.4 Å². The van der Waals surface area contributed by atoms with Gasteiger partial charge in [-0.3, -0.25) is 10.00 Å². The summed E-state index contributed by atoms with van der Waals surface area (Å²) in [5, 5.41) is 7.22. The Morgan fingerprint density at radius 3 is 2.73 bits per heavy atom. The molecule has 1 N–H and O–H groups in total. The van der Waals surface area contributed by atoms with E-state index in [0.29, 0.717) is 11.1 Å². The average Bonchev–Trinajstić information content (AvgIpc) is 3.23. The second-order valence-corrected chi connectivity index (χ2v) is 7.57. The van der Waals surface area contributed by atoms with Crippen molar-refractivity contribution in [3.05, 3.63) is 65.5 Å². The van der Waals surface area contributed by atoms with Gasteiger partial charge in [-0.25, -0.2) is 8.78 Å². The highest BCUT2D eigenvalue weighted by Crippen LogP contribution is 2.35. The molecular weight excluding hydrogens is 388 g/mol. The maximum atomic E-state index is 14.4. The van der Waals surface area contributed by atoms with Crippen molar-refractivity contribution in [1.29, 1.82) is 0 Å². The second-order valence-electron chi connectivity index (χ2n) is 7.57. The van der Waals surface area contributed by atoms with Gasteiger partial charge in [-0.1, -0.05) is 0 Å². The van der Waals surface area contributed by atoms with Gasteiger partial charge in [0.2, 0.25) is 0 Å². The first-order valence-corrected chi connectivity index (χ1v) is 10.0. The summed E-state index contributed by atoms with van der Waals surface area (Å²) in [7, 11) is 3.31. The summed E-state index contributed by atoms with van der Waals surface area (Å²) in [6.45, 7) is 2.49. The van der Waals surface area contributed by atoms with Gasteiger partial charge in [0, 0.05) is 47.5 Å². The van der Waals surface area contributed by atoms with Crippen molar-refractivity contribution >= 4 is 0 Å². The van der Waals surface area contributed by atoms with E-state index in [1.807, 2.05) is 18.2 Å². The first-order valence-electron chi connectivity index (χ1n) is 10.0. The van der Waals surface area contributed by atoms with Crippen LogP contribution in [0.2, 0.25) is 0 Å². The van der Waals surface area contributed by atoms with E-state index in [-0.39, 0.29) is 5.92 Å². The standard InChI is InChI=1S/C23H25F2N3O2/c1-29-18-6-8-22(30-2)16(10-18)14-28-9-3-4-15(13-28)23-20(12-26-27-23)19-7-5-17(24)11-21(19)25/h5-8,10-12,15H,3-4,9,13-14H2,1-2H3,(H,26,27). The van der Waals surface area contributed by atoms with E-state index in [2.05, 4.69) is 15.1 Å². The number of likely N-dealkylation sites (tertiary alicyclic amines) is 1. The van der Waals surface area contributed by atoms with Crippen LogP contribution in [0.3, 0.4) is 0 Å². The van der Waals surface area contributed by atoms with Gasteiger partial charge in [0.1, 0.15) is 23.1 Å². The Bertz CT molecular complexity index is 1020. The lowest BCUT2D eigenvalue weighted by molar-refractivity contribution is 0.196. The Morgan fingerprint density at radius 1 is 1.10 bits per heavy atom. The summed E-state index contributed by atoms with van der Waals surface area (Å²) in [5.41, 5.74) is 3.01. The lowest BCUT2D eigenvalue weighted by atomic mass is 9.90. The molecule has 0 aliphatic carbocycles. The number of aromatic nitrogens is 2. The van der Waals surface area contributed by atoms with E-state index < -0.39 is 11.6 Å². The van der Waals surface area contributed by atoms with Crippen LogP contribution in [-0.4, -0.2) is 42.4 Å². The molecular formula is C23H25F2N3O2. The fourth-order valence-electron chi connectivity index (χ4n) is 4.21. The van der Waals surface area contributed by atoms with Crippen molar-refractivity contribution in [2.75, 3.05) is 27.3 Å². The van der Waals surface area contributed by atoms with Crippen LogP contribution < -0.4 is 9.47 Å². The predicted molar refractivity (Wildman–Crippen MR) is 111 cm³/mol. The molecule has 1 aliphatic rings. The molecule has 1 aliphatic heterocycles. The van der Waals surface area contributed by atoms with Crippen LogP contribution in [-0.2, 0) is 6.54 Å². The van der Waals surface area contributed by atoms with Crippen LogP contribution in [0.5, 0.6) is 11.5 Å². The summed E-state index contributed by atoms with van der Waals surface area (Å²) in [6, 6.07) is 9.46. The number of piperidine rings is 1. The summed E-state index contributed by atoms with van der Waals surface area (Å²) in [5.74, 6) is 0.636. The maximum absolute atomic E-state index is 14.4. The quantitative estimate of drug-likeness (QED) is 0.634. The van der Waals surface area contributed by atoms with Crippen LogP contribution in [0, 0.1) is 11.6 Å². The van der Waals surface area contributed by atoms with Crippen LogP contribution in [0.4, 0.5) is 8.78 Å². The lowest BCUT2D eigenvalue weighted by Crippen LogP contribution is -2.34. The van der Waals surface area contributed by atoms with Crippen molar-refractivity contribution in [2.45, 2.75) is 25.3 Å². The molecule has 2 heterocycles. The zero-order valence-electron chi connectivity index (χ0n) is 17.1. The third-order valence-electron chi connectivity index (χ3n) is 5.69. The Kier molecular flexibility index (Phi) is 5.99. The molecule has 7 heteroatoms. The lowest BCUT2D eigenvalue weighted by Gasteiger charge is -2.33. The SMILES string of the molecule is COc1ccc(OC)c(CN2CCCC(c3[nH]ncc3-c3ccc(F)cc3F)C2)c1. The fourth-order valence-corrected chi connectivity index (χ4v) is 4.21. The first-order chi connectivity index (χ1) is 14.6. The normalized spacial score (nSPS) is 17.1. The zero-order valence-corrected chi connectivity index (χ0v) is 17.1. The average molecular weight is 413 g/mol. The van der Waals surface area contributed by atoms with Crippen molar-refractivity contribution in [3.63, 3.8) is 0 Å². The van der Waals surface area contributed by atoms with E-state index in [0.717, 1.165) is 61.3 Å². The first kappa shape index (κ1) is 20.3. The molecule has 1 atom stereocenters. The Hall–Kier alpha value is -2.93. The largest absolute Gasteiger partial charge is 0.497 e. The molecule has 2 aromatic carbocycles.